The fourth-order valence-electron chi connectivity index (χ4n) is 0.694. The molecule has 0 saturated heterocycles. The second-order valence-corrected chi connectivity index (χ2v) is 2.56. The molecule has 71 valence electrons. The Labute approximate surface area is 76.7 Å². The fourth-order valence-corrected chi connectivity index (χ4v) is 0.873. The van der Waals surface area contributed by atoms with Gasteiger partial charge in [-0.3, -0.25) is 0 Å². The van der Waals surface area contributed by atoms with Crippen LogP contribution in [0.15, 0.2) is 23.1 Å². The van der Waals surface area contributed by atoms with Crippen molar-refractivity contribution in [2.75, 3.05) is 0 Å². The zero-order valence-corrected chi connectivity index (χ0v) is 6.88. The van der Waals surface area contributed by atoms with Crippen molar-refractivity contribution in [3.05, 3.63) is 24.0 Å². The lowest BCUT2D eigenvalue weighted by atomic mass is 10.3. The van der Waals surface area contributed by atoms with Crippen LogP contribution >= 0.6 is 12.6 Å². The summed E-state index contributed by atoms with van der Waals surface area (Å²) in [7, 11) is 0. The van der Waals surface area contributed by atoms with Crippen LogP contribution in [0, 0.1) is 5.82 Å². The first-order valence-corrected chi connectivity index (χ1v) is 3.52. The van der Waals surface area contributed by atoms with Crippen LogP contribution in [-0.4, -0.2) is 6.36 Å². The molecule has 1 rings (SSSR count). The number of rotatable bonds is 1. The van der Waals surface area contributed by atoms with Crippen LogP contribution in [0.25, 0.3) is 0 Å². The van der Waals surface area contributed by atoms with E-state index in [1.54, 1.807) is 0 Å². The van der Waals surface area contributed by atoms with Gasteiger partial charge < -0.3 is 4.74 Å². The van der Waals surface area contributed by atoms with E-state index < -0.39 is 17.9 Å². The average molecular weight is 211 g/mol. The van der Waals surface area contributed by atoms with E-state index in [0.29, 0.717) is 0 Å². The standard InChI is InChI=1S/C7H3F4OS/c8-6-4(12-7(9,10)11)2-1-3-5(6)13/h1-3H. The van der Waals surface area contributed by atoms with E-state index in [9.17, 15) is 17.6 Å². The first kappa shape index (κ1) is 10.0. The largest absolute Gasteiger partial charge is 0.573 e. The summed E-state index contributed by atoms with van der Waals surface area (Å²) in [5.74, 6) is -2.07. The third-order valence-corrected chi connectivity index (χ3v) is 1.47. The second-order valence-electron chi connectivity index (χ2n) is 2.12. The highest BCUT2D eigenvalue weighted by Crippen LogP contribution is 2.28. The molecule has 0 aliphatic heterocycles. The molecule has 0 aliphatic carbocycles. The van der Waals surface area contributed by atoms with Crippen LogP contribution in [-0.2, 0) is 0 Å². The quantitative estimate of drug-likeness (QED) is 0.647. The topological polar surface area (TPSA) is 9.23 Å². The second kappa shape index (κ2) is 3.37. The molecule has 0 spiro atoms. The Bertz CT molecular complexity index is 310. The molecule has 0 aromatic heterocycles. The highest BCUT2D eigenvalue weighted by atomic mass is 32.1. The van der Waals surface area contributed by atoms with Gasteiger partial charge in [-0.15, -0.1) is 13.2 Å². The Balaban J connectivity index is 2.96. The summed E-state index contributed by atoms with van der Waals surface area (Å²) in [6.45, 7) is 0. The molecule has 1 radical (unpaired) electrons. The van der Waals surface area contributed by atoms with Crippen LogP contribution in [0.2, 0.25) is 0 Å². The van der Waals surface area contributed by atoms with Gasteiger partial charge >= 0.3 is 6.36 Å². The van der Waals surface area contributed by atoms with Gasteiger partial charge in [-0.1, -0.05) is 18.7 Å². The molecular weight excluding hydrogens is 208 g/mol. The average Bonchev–Trinajstić information content (AvgIpc) is 1.96. The molecule has 1 nitrogen and oxygen atoms in total. The molecule has 1 aromatic rings. The molecular formula is C7H3F4OS. The molecule has 0 fully saturated rings. The van der Waals surface area contributed by atoms with Crippen LogP contribution in [0.4, 0.5) is 17.6 Å². The summed E-state index contributed by atoms with van der Waals surface area (Å²) in [4.78, 5) is -0.304. The molecule has 1 aromatic carbocycles. The fraction of sp³-hybridized carbons (Fsp3) is 0.143. The molecule has 0 unspecified atom stereocenters. The van der Waals surface area contributed by atoms with E-state index in [4.69, 9.17) is 0 Å². The number of alkyl halides is 3. The zero-order valence-electron chi connectivity index (χ0n) is 6.06. The molecule has 0 bridgehead atoms. The Morgan fingerprint density at radius 1 is 1.23 bits per heavy atom. The molecule has 0 amide bonds. The van der Waals surface area contributed by atoms with Gasteiger partial charge in [-0.2, -0.15) is 0 Å². The number of halogens is 4. The number of benzene rings is 1. The van der Waals surface area contributed by atoms with Gasteiger partial charge in [0.25, 0.3) is 0 Å². The van der Waals surface area contributed by atoms with E-state index >= 15 is 0 Å². The van der Waals surface area contributed by atoms with Crippen molar-refractivity contribution in [3.63, 3.8) is 0 Å². The molecule has 0 atom stereocenters. The van der Waals surface area contributed by atoms with E-state index in [1.807, 2.05) is 0 Å². The maximum absolute atomic E-state index is 12.8. The van der Waals surface area contributed by atoms with Crippen molar-refractivity contribution in [1.82, 2.24) is 0 Å². The number of hydrogen-bond acceptors (Lipinski definition) is 1. The lowest BCUT2D eigenvalue weighted by molar-refractivity contribution is -0.275. The van der Waals surface area contributed by atoms with Gasteiger partial charge in [0.1, 0.15) is 0 Å². The maximum Gasteiger partial charge on any atom is 0.573 e. The third kappa shape index (κ3) is 2.73. The van der Waals surface area contributed by atoms with Crippen LogP contribution in [0.5, 0.6) is 5.75 Å². The summed E-state index contributed by atoms with van der Waals surface area (Å²) in [5, 5.41) is 0. The van der Waals surface area contributed by atoms with Crippen molar-refractivity contribution in [3.8, 4) is 5.75 Å². The Kier molecular flexibility index (Phi) is 2.60. The summed E-state index contributed by atoms with van der Waals surface area (Å²) < 4.78 is 51.1. The number of hydrogen-bond donors (Lipinski definition) is 0. The summed E-state index contributed by atoms with van der Waals surface area (Å²) in [5.41, 5.74) is 0. The summed E-state index contributed by atoms with van der Waals surface area (Å²) in [6.07, 6.45) is -4.90. The first-order valence-electron chi connectivity index (χ1n) is 3.11. The van der Waals surface area contributed by atoms with Crippen molar-refractivity contribution in [2.45, 2.75) is 11.3 Å². The van der Waals surface area contributed by atoms with Crippen molar-refractivity contribution in [1.29, 1.82) is 0 Å². The Morgan fingerprint density at radius 3 is 2.38 bits per heavy atom. The van der Waals surface area contributed by atoms with E-state index in [2.05, 4.69) is 17.4 Å². The van der Waals surface area contributed by atoms with Gasteiger partial charge in [0.15, 0.2) is 11.6 Å². The van der Waals surface area contributed by atoms with Gasteiger partial charge in [0.2, 0.25) is 0 Å². The molecule has 0 aliphatic rings. The summed E-state index contributed by atoms with van der Waals surface area (Å²) >= 11 is 4.41. The highest BCUT2D eigenvalue weighted by molar-refractivity contribution is 7.80. The molecule has 13 heavy (non-hydrogen) atoms. The SMILES string of the molecule is Fc1c([S])cccc1OC(F)(F)F. The number of ether oxygens (including phenoxy) is 1. The molecule has 0 N–H and O–H groups in total. The monoisotopic (exact) mass is 211 g/mol. The van der Waals surface area contributed by atoms with Gasteiger partial charge in [0, 0.05) is 0 Å². The molecule has 6 heteroatoms. The highest BCUT2D eigenvalue weighted by Gasteiger charge is 2.32. The van der Waals surface area contributed by atoms with Crippen molar-refractivity contribution >= 4 is 12.6 Å². The first-order chi connectivity index (χ1) is 5.90. The van der Waals surface area contributed by atoms with E-state index in [-0.39, 0.29) is 4.90 Å². The molecule has 0 heterocycles. The zero-order chi connectivity index (χ0) is 10.1. The Hall–Kier alpha value is -1.04. The van der Waals surface area contributed by atoms with Crippen LogP contribution in [0.3, 0.4) is 0 Å². The smallest absolute Gasteiger partial charge is 0.403 e. The minimum absolute atomic E-state index is 0.304. The van der Waals surface area contributed by atoms with Crippen molar-refractivity contribution in [2.24, 2.45) is 0 Å². The predicted octanol–water partition coefficient (Wildman–Crippen LogP) is 3.28. The van der Waals surface area contributed by atoms with Crippen LogP contribution < -0.4 is 4.74 Å². The Morgan fingerprint density at radius 2 is 1.85 bits per heavy atom. The maximum atomic E-state index is 12.8. The lowest BCUT2D eigenvalue weighted by Gasteiger charge is -2.09. The lowest BCUT2D eigenvalue weighted by Crippen LogP contribution is -2.17. The van der Waals surface area contributed by atoms with Crippen LogP contribution in [0.1, 0.15) is 0 Å². The van der Waals surface area contributed by atoms with Gasteiger partial charge in [-0.25, -0.2) is 4.39 Å². The minimum Gasteiger partial charge on any atom is -0.403 e. The van der Waals surface area contributed by atoms with E-state index in [1.165, 1.54) is 12.1 Å². The predicted molar refractivity (Wildman–Crippen MR) is 38.9 cm³/mol. The van der Waals surface area contributed by atoms with Gasteiger partial charge in [-0.05, 0) is 12.1 Å². The van der Waals surface area contributed by atoms with E-state index in [0.717, 1.165) is 6.07 Å². The van der Waals surface area contributed by atoms with Gasteiger partial charge in [0.05, 0.1) is 4.90 Å². The van der Waals surface area contributed by atoms with Crippen molar-refractivity contribution < 1.29 is 22.3 Å². The third-order valence-electron chi connectivity index (χ3n) is 1.15. The summed E-state index contributed by atoms with van der Waals surface area (Å²) in [6, 6.07) is 3.22. The normalized spacial score (nSPS) is 11.4. The molecule has 0 saturated carbocycles. The minimum atomic E-state index is -4.90.